The quantitative estimate of drug-likeness (QED) is 0.331. The molecule has 3 rings (SSSR count). The predicted molar refractivity (Wildman–Crippen MR) is 127 cm³/mol. The lowest BCUT2D eigenvalue weighted by Crippen LogP contribution is -2.24. The van der Waals surface area contributed by atoms with E-state index < -0.39 is 5.91 Å². The molecule has 0 aliphatic heterocycles. The summed E-state index contributed by atoms with van der Waals surface area (Å²) in [5.74, 6) is -0.821. The highest BCUT2D eigenvalue weighted by atomic mass is 16.5. The second kappa shape index (κ2) is 11.4. The third kappa shape index (κ3) is 5.93. The Morgan fingerprint density at radius 3 is 2.22 bits per heavy atom. The molecule has 6 heteroatoms. The van der Waals surface area contributed by atoms with E-state index in [1.807, 2.05) is 12.1 Å². The minimum atomic E-state index is -0.610. The van der Waals surface area contributed by atoms with Crippen molar-refractivity contribution in [1.29, 1.82) is 0 Å². The summed E-state index contributed by atoms with van der Waals surface area (Å²) in [5.41, 5.74) is 4.69. The molecule has 0 aliphatic rings. The van der Waals surface area contributed by atoms with Crippen LogP contribution in [-0.2, 0) is 13.0 Å². The minimum absolute atomic E-state index is 0.211. The van der Waals surface area contributed by atoms with E-state index in [4.69, 9.17) is 5.21 Å². The summed E-state index contributed by atoms with van der Waals surface area (Å²) in [7, 11) is 0. The Balaban J connectivity index is 1.71. The number of rotatable bonds is 10. The van der Waals surface area contributed by atoms with Gasteiger partial charge in [-0.3, -0.25) is 14.8 Å². The Morgan fingerprint density at radius 1 is 0.906 bits per heavy atom. The van der Waals surface area contributed by atoms with Crippen molar-refractivity contribution in [3.8, 4) is 0 Å². The highest BCUT2D eigenvalue weighted by Crippen LogP contribution is 2.22. The van der Waals surface area contributed by atoms with Crippen LogP contribution in [0.4, 0.5) is 0 Å². The van der Waals surface area contributed by atoms with Crippen LogP contribution in [0.1, 0.15) is 52.1 Å². The molecular weight excluding hydrogens is 402 g/mol. The number of hydroxylamine groups is 1. The second-order valence-corrected chi connectivity index (χ2v) is 7.81. The first-order chi connectivity index (χ1) is 15.5. The smallest absolute Gasteiger partial charge is 0.274 e. The van der Waals surface area contributed by atoms with Crippen LogP contribution in [-0.4, -0.2) is 41.6 Å². The number of aryl methyl sites for hydroxylation is 1. The average molecular weight is 434 g/mol. The summed E-state index contributed by atoms with van der Waals surface area (Å²) < 4.78 is 0. The first-order valence-corrected chi connectivity index (χ1v) is 11.1. The Bertz CT molecular complexity index is 1060. The third-order valence-electron chi connectivity index (χ3n) is 5.79. The SMILES string of the molecule is CCN(CC)CCCc1cc(CNC(=O)c2ccc(C(=O)NO)cc2)c2ccccc2c1. The third-order valence-corrected chi connectivity index (χ3v) is 5.79. The van der Waals surface area contributed by atoms with Gasteiger partial charge in [-0.25, -0.2) is 5.48 Å². The van der Waals surface area contributed by atoms with Crippen molar-refractivity contribution in [2.75, 3.05) is 19.6 Å². The van der Waals surface area contributed by atoms with Gasteiger partial charge in [0.05, 0.1) is 0 Å². The molecule has 3 aromatic rings. The van der Waals surface area contributed by atoms with Crippen molar-refractivity contribution in [1.82, 2.24) is 15.7 Å². The molecule has 0 radical (unpaired) electrons. The molecule has 32 heavy (non-hydrogen) atoms. The van der Waals surface area contributed by atoms with Gasteiger partial charge < -0.3 is 10.2 Å². The number of benzene rings is 3. The number of hydrogen-bond acceptors (Lipinski definition) is 4. The van der Waals surface area contributed by atoms with Gasteiger partial charge in [-0.05, 0) is 78.6 Å². The van der Waals surface area contributed by atoms with E-state index in [2.05, 4.69) is 48.3 Å². The van der Waals surface area contributed by atoms with Gasteiger partial charge in [0.2, 0.25) is 0 Å². The molecule has 0 aromatic heterocycles. The van der Waals surface area contributed by atoms with Crippen LogP contribution >= 0.6 is 0 Å². The lowest BCUT2D eigenvalue weighted by molar-refractivity contribution is 0.0706. The largest absolute Gasteiger partial charge is 0.348 e. The lowest BCUT2D eigenvalue weighted by Gasteiger charge is -2.18. The number of nitrogens with zero attached hydrogens (tertiary/aromatic N) is 1. The first-order valence-electron chi connectivity index (χ1n) is 11.1. The Labute approximate surface area is 189 Å². The molecule has 0 atom stereocenters. The molecular formula is C26H31N3O3. The van der Waals surface area contributed by atoms with Crippen LogP contribution in [0.15, 0.2) is 60.7 Å². The fourth-order valence-corrected chi connectivity index (χ4v) is 3.91. The van der Waals surface area contributed by atoms with Crippen LogP contribution in [0, 0.1) is 0 Å². The maximum Gasteiger partial charge on any atom is 0.274 e. The number of amides is 2. The van der Waals surface area contributed by atoms with E-state index in [1.165, 1.54) is 23.1 Å². The fourth-order valence-electron chi connectivity index (χ4n) is 3.91. The van der Waals surface area contributed by atoms with Crippen molar-refractivity contribution < 1.29 is 14.8 Å². The van der Waals surface area contributed by atoms with Crippen LogP contribution in [0.2, 0.25) is 0 Å². The summed E-state index contributed by atoms with van der Waals surface area (Å²) >= 11 is 0. The molecule has 0 heterocycles. The van der Waals surface area contributed by atoms with E-state index in [-0.39, 0.29) is 11.5 Å². The molecule has 3 aromatic carbocycles. The van der Waals surface area contributed by atoms with E-state index in [0.717, 1.165) is 43.4 Å². The molecule has 2 amide bonds. The van der Waals surface area contributed by atoms with Crippen molar-refractivity contribution in [3.05, 3.63) is 82.9 Å². The van der Waals surface area contributed by atoms with Gasteiger partial charge in [-0.1, -0.05) is 50.2 Å². The molecule has 6 nitrogen and oxygen atoms in total. The second-order valence-electron chi connectivity index (χ2n) is 7.81. The molecule has 0 fully saturated rings. The average Bonchev–Trinajstić information content (AvgIpc) is 2.84. The molecule has 0 aliphatic carbocycles. The van der Waals surface area contributed by atoms with Gasteiger partial charge in [0.15, 0.2) is 0 Å². The van der Waals surface area contributed by atoms with E-state index in [0.29, 0.717) is 12.1 Å². The summed E-state index contributed by atoms with van der Waals surface area (Å²) in [6.07, 6.45) is 2.09. The molecule has 168 valence electrons. The number of carbonyl (C=O) groups excluding carboxylic acids is 2. The molecule has 0 spiro atoms. The summed E-state index contributed by atoms with van der Waals surface area (Å²) in [6, 6.07) is 18.8. The summed E-state index contributed by atoms with van der Waals surface area (Å²) in [5, 5.41) is 14.0. The van der Waals surface area contributed by atoms with Gasteiger partial charge in [0, 0.05) is 17.7 Å². The highest BCUT2D eigenvalue weighted by Gasteiger charge is 2.10. The van der Waals surface area contributed by atoms with E-state index in [1.54, 1.807) is 17.6 Å². The zero-order valence-corrected chi connectivity index (χ0v) is 18.7. The molecule has 0 saturated heterocycles. The molecule has 0 bridgehead atoms. The number of fused-ring (bicyclic) bond motifs is 1. The Hall–Kier alpha value is -3.22. The van der Waals surface area contributed by atoms with Crippen molar-refractivity contribution in [2.45, 2.75) is 33.2 Å². The van der Waals surface area contributed by atoms with Crippen molar-refractivity contribution in [3.63, 3.8) is 0 Å². The van der Waals surface area contributed by atoms with Gasteiger partial charge in [0.25, 0.3) is 11.8 Å². The van der Waals surface area contributed by atoms with E-state index in [9.17, 15) is 9.59 Å². The normalized spacial score (nSPS) is 11.0. The zero-order valence-electron chi connectivity index (χ0n) is 18.7. The topological polar surface area (TPSA) is 81.7 Å². The Kier molecular flexibility index (Phi) is 8.36. The standard InChI is InChI=1S/C26H31N3O3/c1-3-29(4-2)15-7-8-19-16-22-9-5-6-10-24(22)23(17-19)18-27-25(30)20-11-13-21(14-12-20)26(31)28-32/h5-6,9-14,16-17,32H,3-4,7-8,15,18H2,1-2H3,(H,27,30)(H,28,31). The minimum Gasteiger partial charge on any atom is -0.348 e. The zero-order chi connectivity index (χ0) is 22.9. The van der Waals surface area contributed by atoms with Gasteiger partial charge in [0.1, 0.15) is 0 Å². The van der Waals surface area contributed by atoms with Crippen LogP contribution in [0.5, 0.6) is 0 Å². The maximum atomic E-state index is 12.6. The van der Waals surface area contributed by atoms with Gasteiger partial charge >= 0.3 is 0 Å². The predicted octanol–water partition coefficient (Wildman–Crippen LogP) is 4.16. The fraction of sp³-hybridized carbons (Fsp3) is 0.308. The number of hydrogen-bond donors (Lipinski definition) is 3. The molecule has 0 saturated carbocycles. The Morgan fingerprint density at radius 2 is 1.56 bits per heavy atom. The van der Waals surface area contributed by atoms with Crippen LogP contribution in [0.25, 0.3) is 10.8 Å². The van der Waals surface area contributed by atoms with Gasteiger partial charge in [-0.2, -0.15) is 0 Å². The highest BCUT2D eigenvalue weighted by molar-refractivity contribution is 5.97. The first kappa shape index (κ1) is 23.4. The van der Waals surface area contributed by atoms with Crippen molar-refractivity contribution in [2.24, 2.45) is 0 Å². The maximum absolute atomic E-state index is 12.6. The van der Waals surface area contributed by atoms with Crippen molar-refractivity contribution >= 4 is 22.6 Å². The number of carbonyl (C=O) groups is 2. The molecule has 3 N–H and O–H groups in total. The summed E-state index contributed by atoms with van der Waals surface area (Å²) in [4.78, 5) is 26.5. The molecule has 0 unspecified atom stereocenters. The number of nitrogens with one attached hydrogen (secondary N) is 2. The van der Waals surface area contributed by atoms with Gasteiger partial charge in [-0.15, -0.1) is 0 Å². The summed E-state index contributed by atoms with van der Waals surface area (Å²) in [6.45, 7) is 8.01. The monoisotopic (exact) mass is 433 g/mol. The van der Waals surface area contributed by atoms with Crippen LogP contribution in [0.3, 0.4) is 0 Å². The van der Waals surface area contributed by atoms with E-state index >= 15 is 0 Å². The van der Waals surface area contributed by atoms with Crippen LogP contribution < -0.4 is 10.8 Å². The lowest BCUT2D eigenvalue weighted by atomic mass is 9.98.